The number of aliphatic hydroxyl groups is 1. The summed E-state index contributed by atoms with van der Waals surface area (Å²) in [6.07, 6.45) is -1.06. The average Bonchev–Trinajstić information content (AvgIpc) is 2.79. The molecule has 0 aliphatic rings. The van der Waals surface area contributed by atoms with Crippen molar-refractivity contribution in [3.8, 4) is 0 Å². The molecule has 2 rings (SSSR count). The molecule has 0 spiro atoms. The summed E-state index contributed by atoms with van der Waals surface area (Å²) in [7, 11) is 1.69. The monoisotopic (exact) mass is 333 g/mol. The van der Waals surface area contributed by atoms with Crippen LogP contribution in [-0.4, -0.2) is 32.6 Å². The smallest absolute Gasteiger partial charge is 0.292 e. The number of aryl methyl sites for hydroxylation is 2. The highest BCUT2D eigenvalue weighted by atomic mass is 19.1. The van der Waals surface area contributed by atoms with E-state index in [1.807, 2.05) is 0 Å². The van der Waals surface area contributed by atoms with Crippen molar-refractivity contribution in [2.24, 2.45) is 7.05 Å². The molecule has 0 saturated carbocycles. The van der Waals surface area contributed by atoms with Gasteiger partial charge in [0.05, 0.1) is 23.4 Å². The van der Waals surface area contributed by atoms with Gasteiger partial charge in [-0.05, 0) is 38.5 Å². The topological polar surface area (TPSA) is 84.2 Å². The van der Waals surface area contributed by atoms with Crippen molar-refractivity contribution >= 4 is 11.7 Å². The van der Waals surface area contributed by atoms with Crippen LogP contribution in [0, 0.1) is 19.7 Å². The molecule has 7 heteroatoms. The van der Waals surface area contributed by atoms with Gasteiger partial charge in [0.15, 0.2) is 0 Å². The van der Waals surface area contributed by atoms with Gasteiger partial charge in [-0.2, -0.15) is 5.10 Å². The minimum Gasteiger partial charge on any atom is -0.386 e. The third-order valence-electron chi connectivity index (χ3n) is 3.99. The van der Waals surface area contributed by atoms with Gasteiger partial charge < -0.3 is 10.4 Å². The number of nitrogens with one attached hydrogen (secondary N) is 1. The van der Waals surface area contributed by atoms with Crippen LogP contribution in [0.15, 0.2) is 24.3 Å². The summed E-state index contributed by atoms with van der Waals surface area (Å²) in [6, 6.07) is 4.59. The molecule has 24 heavy (non-hydrogen) atoms. The number of hydrogen-bond donors (Lipinski definition) is 2. The summed E-state index contributed by atoms with van der Waals surface area (Å²) < 4.78 is 14.5. The van der Waals surface area contributed by atoms with Gasteiger partial charge in [0.1, 0.15) is 5.82 Å². The first kappa shape index (κ1) is 17.8. The van der Waals surface area contributed by atoms with Gasteiger partial charge >= 0.3 is 0 Å². The fourth-order valence-corrected chi connectivity index (χ4v) is 2.52. The number of carbonyl (C=O) groups is 2. The predicted octanol–water partition coefficient (Wildman–Crippen LogP) is 1.60. The minimum absolute atomic E-state index is 0.262. The second kappa shape index (κ2) is 6.92. The Hall–Kier alpha value is -2.54. The highest BCUT2D eigenvalue weighted by Gasteiger charge is 2.27. The lowest BCUT2D eigenvalue weighted by atomic mass is 10.0. The second-order valence-corrected chi connectivity index (χ2v) is 5.76. The number of rotatable bonds is 5. The number of amides is 1. The van der Waals surface area contributed by atoms with E-state index in [1.165, 1.54) is 28.9 Å². The van der Waals surface area contributed by atoms with Crippen LogP contribution in [0.3, 0.4) is 0 Å². The van der Waals surface area contributed by atoms with E-state index in [-0.39, 0.29) is 5.56 Å². The molecule has 0 saturated heterocycles. The van der Waals surface area contributed by atoms with Crippen LogP contribution in [0.2, 0.25) is 0 Å². The lowest BCUT2D eigenvalue weighted by Crippen LogP contribution is -2.41. The largest absolute Gasteiger partial charge is 0.386 e. The van der Waals surface area contributed by atoms with E-state index in [0.717, 1.165) is 0 Å². The van der Waals surface area contributed by atoms with E-state index in [9.17, 15) is 19.1 Å². The number of ketones is 1. The van der Waals surface area contributed by atoms with Crippen LogP contribution in [0.25, 0.3) is 0 Å². The zero-order valence-corrected chi connectivity index (χ0v) is 14.0. The molecule has 0 aliphatic heterocycles. The number of halogens is 1. The van der Waals surface area contributed by atoms with E-state index in [0.29, 0.717) is 17.0 Å². The fourth-order valence-electron chi connectivity index (χ4n) is 2.52. The molecular weight excluding hydrogens is 313 g/mol. The summed E-state index contributed by atoms with van der Waals surface area (Å²) in [5, 5.41) is 16.8. The summed E-state index contributed by atoms with van der Waals surface area (Å²) in [5.74, 6) is -1.93. The van der Waals surface area contributed by atoms with E-state index in [2.05, 4.69) is 10.4 Å². The molecule has 6 nitrogen and oxygen atoms in total. The second-order valence-electron chi connectivity index (χ2n) is 5.76. The SMILES string of the molecule is Cc1nn(C)c(C)c1C(=O)C(=O)NC(C)C(O)c1ccc(F)cc1. The van der Waals surface area contributed by atoms with Gasteiger partial charge in [0.25, 0.3) is 11.7 Å². The van der Waals surface area contributed by atoms with Crippen molar-refractivity contribution < 1.29 is 19.1 Å². The lowest BCUT2D eigenvalue weighted by Gasteiger charge is -2.20. The van der Waals surface area contributed by atoms with E-state index >= 15 is 0 Å². The third kappa shape index (κ3) is 3.51. The van der Waals surface area contributed by atoms with Crippen LogP contribution < -0.4 is 5.32 Å². The van der Waals surface area contributed by atoms with Gasteiger partial charge in [-0.25, -0.2) is 4.39 Å². The van der Waals surface area contributed by atoms with Crippen molar-refractivity contribution in [2.75, 3.05) is 0 Å². The molecule has 2 N–H and O–H groups in total. The van der Waals surface area contributed by atoms with E-state index in [4.69, 9.17) is 0 Å². The number of hydrogen-bond acceptors (Lipinski definition) is 4. The van der Waals surface area contributed by atoms with Gasteiger partial charge in [0.2, 0.25) is 0 Å². The number of aliphatic hydroxyl groups excluding tert-OH is 1. The first-order valence-corrected chi connectivity index (χ1v) is 7.51. The van der Waals surface area contributed by atoms with Gasteiger partial charge in [-0.15, -0.1) is 0 Å². The van der Waals surface area contributed by atoms with Gasteiger partial charge in [-0.1, -0.05) is 12.1 Å². The number of carbonyl (C=O) groups excluding carboxylic acids is 2. The van der Waals surface area contributed by atoms with Crippen LogP contribution in [0.1, 0.15) is 40.3 Å². The Balaban J connectivity index is 2.10. The molecule has 0 aliphatic carbocycles. The van der Waals surface area contributed by atoms with Gasteiger partial charge in [-0.3, -0.25) is 14.3 Å². The molecule has 1 amide bonds. The molecule has 0 fully saturated rings. The van der Waals surface area contributed by atoms with Crippen molar-refractivity contribution in [2.45, 2.75) is 32.9 Å². The number of nitrogens with zero attached hydrogens (tertiary/aromatic N) is 2. The minimum atomic E-state index is -1.06. The zero-order chi connectivity index (χ0) is 18.0. The summed E-state index contributed by atoms with van der Waals surface area (Å²) in [4.78, 5) is 24.5. The molecule has 1 aromatic heterocycles. The highest BCUT2D eigenvalue weighted by Crippen LogP contribution is 2.18. The quantitative estimate of drug-likeness (QED) is 0.643. The first-order valence-electron chi connectivity index (χ1n) is 7.51. The Bertz CT molecular complexity index is 768. The zero-order valence-electron chi connectivity index (χ0n) is 14.0. The number of Topliss-reactive ketones (excluding diaryl/α,β-unsaturated/α-hetero) is 1. The highest BCUT2D eigenvalue weighted by molar-refractivity contribution is 6.43. The summed E-state index contributed by atoms with van der Waals surface area (Å²) >= 11 is 0. The molecule has 1 heterocycles. The maximum atomic E-state index is 12.9. The van der Waals surface area contributed by atoms with Crippen molar-refractivity contribution in [1.82, 2.24) is 15.1 Å². The molecule has 128 valence electrons. The lowest BCUT2D eigenvalue weighted by molar-refractivity contribution is -0.118. The van der Waals surface area contributed by atoms with Crippen LogP contribution in [0.5, 0.6) is 0 Å². The third-order valence-corrected chi connectivity index (χ3v) is 3.99. The molecule has 1 aromatic carbocycles. The van der Waals surface area contributed by atoms with Gasteiger partial charge in [0, 0.05) is 12.7 Å². The van der Waals surface area contributed by atoms with Crippen molar-refractivity contribution in [3.05, 3.63) is 52.6 Å². The standard InChI is InChI=1S/C17H20FN3O3/c1-9-14(11(3)21(4)20-9)16(23)17(24)19-10(2)15(22)12-5-7-13(18)8-6-12/h5-8,10,15,22H,1-4H3,(H,19,24). The van der Waals surface area contributed by atoms with Crippen molar-refractivity contribution in [3.63, 3.8) is 0 Å². The average molecular weight is 333 g/mol. The molecule has 2 atom stereocenters. The van der Waals surface area contributed by atoms with Crippen LogP contribution in [0.4, 0.5) is 4.39 Å². The molecule has 0 radical (unpaired) electrons. The molecular formula is C17H20FN3O3. The van der Waals surface area contributed by atoms with E-state index in [1.54, 1.807) is 27.8 Å². The first-order chi connectivity index (χ1) is 11.2. The maximum Gasteiger partial charge on any atom is 0.292 e. The van der Waals surface area contributed by atoms with E-state index < -0.39 is 29.7 Å². The maximum absolute atomic E-state index is 12.9. The Morgan fingerprint density at radius 2 is 1.83 bits per heavy atom. The molecule has 2 unspecified atom stereocenters. The Morgan fingerprint density at radius 1 is 1.25 bits per heavy atom. The normalized spacial score (nSPS) is 13.4. The number of aromatic nitrogens is 2. The van der Waals surface area contributed by atoms with Crippen LogP contribution in [-0.2, 0) is 11.8 Å². The summed E-state index contributed by atoms with van der Waals surface area (Å²) in [5.41, 5.74) is 1.78. The Labute approximate surface area is 139 Å². The van der Waals surface area contributed by atoms with Crippen molar-refractivity contribution in [1.29, 1.82) is 0 Å². The van der Waals surface area contributed by atoms with Crippen LogP contribution >= 0.6 is 0 Å². The molecule has 2 aromatic rings. The number of benzene rings is 1. The fraction of sp³-hybridized carbons (Fsp3) is 0.353. The Kier molecular flexibility index (Phi) is 5.14. The molecule has 0 bridgehead atoms. The summed E-state index contributed by atoms with van der Waals surface area (Å²) in [6.45, 7) is 4.93. The predicted molar refractivity (Wildman–Crippen MR) is 86.0 cm³/mol. The Morgan fingerprint density at radius 3 is 2.33 bits per heavy atom.